The van der Waals surface area contributed by atoms with Crippen molar-refractivity contribution >= 4 is 29.1 Å². The Morgan fingerprint density at radius 1 is 1.04 bits per heavy atom. The molecule has 0 bridgehead atoms. The summed E-state index contributed by atoms with van der Waals surface area (Å²) in [5, 5.41) is 0. The number of benzene rings is 1. The second kappa shape index (κ2) is 6.04. The van der Waals surface area contributed by atoms with Gasteiger partial charge in [-0.3, -0.25) is 14.4 Å². The highest BCUT2D eigenvalue weighted by molar-refractivity contribution is 6.23. The van der Waals surface area contributed by atoms with Gasteiger partial charge in [0.1, 0.15) is 0 Å². The molecule has 5 heteroatoms. The van der Waals surface area contributed by atoms with E-state index < -0.39 is 5.41 Å². The van der Waals surface area contributed by atoms with Crippen LogP contribution in [0.25, 0.3) is 0 Å². The third-order valence-electron chi connectivity index (χ3n) is 5.63. The predicted molar refractivity (Wildman–Crippen MR) is 92.9 cm³/mol. The molecule has 2 aliphatic heterocycles. The molecule has 2 saturated heterocycles. The largest absolute Gasteiger partial charge is 0.312 e. The Bertz CT molecular complexity index is 707. The van der Waals surface area contributed by atoms with Crippen molar-refractivity contribution < 1.29 is 14.4 Å². The molecule has 1 aromatic carbocycles. The van der Waals surface area contributed by atoms with E-state index in [1.54, 1.807) is 11.0 Å². The van der Waals surface area contributed by atoms with Crippen LogP contribution in [0.4, 0.5) is 11.4 Å². The van der Waals surface area contributed by atoms with Crippen molar-refractivity contribution in [2.45, 2.75) is 52.9 Å². The summed E-state index contributed by atoms with van der Waals surface area (Å²) < 4.78 is 0. The number of nitrogens with zero attached hydrogens (tertiary/aromatic N) is 2. The number of rotatable bonds is 4. The third kappa shape index (κ3) is 2.34. The molecule has 0 aromatic heterocycles. The van der Waals surface area contributed by atoms with E-state index in [-0.39, 0.29) is 24.1 Å². The molecule has 0 spiro atoms. The number of hydrogen-bond acceptors (Lipinski definition) is 3. The van der Waals surface area contributed by atoms with Crippen molar-refractivity contribution in [3.63, 3.8) is 0 Å². The lowest BCUT2D eigenvalue weighted by atomic mass is 9.81. The third-order valence-corrected chi connectivity index (χ3v) is 5.63. The normalized spacial score (nSPS) is 20.4. The smallest absolute Gasteiger partial charge is 0.240 e. The molecule has 0 saturated carbocycles. The molecule has 24 heavy (non-hydrogen) atoms. The molecule has 0 atom stereocenters. The number of hydrogen-bond donors (Lipinski definition) is 0. The van der Waals surface area contributed by atoms with E-state index in [2.05, 4.69) is 0 Å². The van der Waals surface area contributed by atoms with Crippen LogP contribution >= 0.6 is 0 Å². The summed E-state index contributed by atoms with van der Waals surface area (Å²) in [5.74, 6) is -0.145. The van der Waals surface area contributed by atoms with Gasteiger partial charge in [0, 0.05) is 25.1 Å². The molecule has 0 N–H and O–H groups in total. The maximum Gasteiger partial charge on any atom is 0.240 e. The summed E-state index contributed by atoms with van der Waals surface area (Å²) >= 11 is 0. The Balaban J connectivity index is 2.03. The standard InChI is InChI=1S/C19H24N2O3/c1-4-19(5-2)12-17(23)21(18(19)24)15-9-6-8-14(13(15)3)20-11-7-10-16(20)22/h6,8-9H,4-5,7,10-12H2,1-3H3. The Morgan fingerprint density at radius 2 is 1.71 bits per heavy atom. The maximum absolute atomic E-state index is 13.0. The summed E-state index contributed by atoms with van der Waals surface area (Å²) in [4.78, 5) is 40.7. The van der Waals surface area contributed by atoms with E-state index in [1.165, 1.54) is 4.90 Å². The van der Waals surface area contributed by atoms with Crippen LogP contribution in [0.5, 0.6) is 0 Å². The van der Waals surface area contributed by atoms with Crippen LogP contribution in [0, 0.1) is 12.3 Å². The predicted octanol–water partition coefficient (Wildman–Crippen LogP) is 3.19. The molecular weight excluding hydrogens is 304 g/mol. The van der Waals surface area contributed by atoms with Crippen LogP contribution in [0.2, 0.25) is 0 Å². The Hall–Kier alpha value is -2.17. The Labute approximate surface area is 142 Å². The average molecular weight is 328 g/mol. The first kappa shape index (κ1) is 16.7. The zero-order valence-electron chi connectivity index (χ0n) is 14.6. The molecule has 3 amide bonds. The molecule has 3 rings (SSSR count). The van der Waals surface area contributed by atoms with Crippen LogP contribution in [0.15, 0.2) is 18.2 Å². The fourth-order valence-electron chi connectivity index (χ4n) is 3.89. The SMILES string of the molecule is CCC1(CC)CC(=O)N(c2cccc(N3CCCC3=O)c2C)C1=O. The molecule has 2 fully saturated rings. The van der Waals surface area contributed by atoms with Gasteiger partial charge >= 0.3 is 0 Å². The molecule has 2 heterocycles. The fraction of sp³-hybridized carbons (Fsp3) is 0.526. The number of imide groups is 1. The van der Waals surface area contributed by atoms with Gasteiger partial charge in [0.15, 0.2) is 0 Å². The van der Waals surface area contributed by atoms with Gasteiger partial charge in [-0.1, -0.05) is 19.9 Å². The first-order valence-electron chi connectivity index (χ1n) is 8.72. The molecule has 0 aliphatic carbocycles. The summed E-state index contributed by atoms with van der Waals surface area (Å²) in [6, 6.07) is 5.51. The number of carbonyl (C=O) groups excluding carboxylic acids is 3. The quantitative estimate of drug-likeness (QED) is 0.798. The minimum absolute atomic E-state index is 0.103. The summed E-state index contributed by atoms with van der Waals surface area (Å²) in [5.41, 5.74) is 1.66. The van der Waals surface area contributed by atoms with Crippen LogP contribution < -0.4 is 9.80 Å². The highest BCUT2D eigenvalue weighted by Crippen LogP contribution is 2.43. The summed E-state index contributed by atoms with van der Waals surface area (Å²) in [6.07, 6.45) is 2.99. The number of anilines is 2. The second-order valence-electron chi connectivity index (χ2n) is 6.77. The van der Waals surface area contributed by atoms with Crippen molar-refractivity contribution in [2.75, 3.05) is 16.3 Å². The lowest BCUT2D eigenvalue weighted by Crippen LogP contribution is -2.36. The zero-order valence-corrected chi connectivity index (χ0v) is 14.6. The van der Waals surface area contributed by atoms with Crippen molar-refractivity contribution in [3.8, 4) is 0 Å². The van der Waals surface area contributed by atoms with Crippen molar-refractivity contribution in [1.82, 2.24) is 0 Å². The number of amides is 3. The number of carbonyl (C=O) groups is 3. The van der Waals surface area contributed by atoms with Gasteiger partial charge < -0.3 is 4.90 Å². The Morgan fingerprint density at radius 3 is 2.25 bits per heavy atom. The Kier molecular flexibility index (Phi) is 4.20. The van der Waals surface area contributed by atoms with Crippen molar-refractivity contribution in [2.24, 2.45) is 5.41 Å². The summed E-state index contributed by atoms with van der Waals surface area (Å²) in [6.45, 7) is 6.50. The molecular formula is C19H24N2O3. The molecule has 0 unspecified atom stereocenters. The van der Waals surface area contributed by atoms with E-state index >= 15 is 0 Å². The topological polar surface area (TPSA) is 57.7 Å². The first-order valence-corrected chi connectivity index (χ1v) is 8.72. The molecule has 128 valence electrons. The van der Waals surface area contributed by atoms with Gasteiger partial charge in [-0.25, -0.2) is 4.90 Å². The lowest BCUT2D eigenvalue weighted by Gasteiger charge is -2.26. The maximum atomic E-state index is 13.0. The van der Waals surface area contributed by atoms with E-state index in [4.69, 9.17) is 0 Å². The van der Waals surface area contributed by atoms with Gasteiger partial charge in [0.25, 0.3) is 0 Å². The molecule has 0 radical (unpaired) electrons. The van der Waals surface area contributed by atoms with Gasteiger partial charge in [0.2, 0.25) is 17.7 Å². The van der Waals surface area contributed by atoms with Gasteiger partial charge in [-0.15, -0.1) is 0 Å². The van der Waals surface area contributed by atoms with E-state index in [1.807, 2.05) is 32.9 Å². The first-order chi connectivity index (χ1) is 11.4. The lowest BCUT2D eigenvalue weighted by molar-refractivity contribution is -0.126. The average Bonchev–Trinajstić information content (AvgIpc) is 3.10. The molecule has 5 nitrogen and oxygen atoms in total. The van der Waals surface area contributed by atoms with Crippen LogP contribution in [0.3, 0.4) is 0 Å². The minimum Gasteiger partial charge on any atom is -0.312 e. The van der Waals surface area contributed by atoms with E-state index in [0.717, 1.165) is 17.7 Å². The zero-order chi connectivity index (χ0) is 17.5. The van der Waals surface area contributed by atoms with Gasteiger partial charge in [-0.2, -0.15) is 0 Å². The van der Waals surface area contributed by atoms with Crippen LogP contribution in [-0.4, -0.2) is 24.3 Å². The highest BCUT2D eigenvalue weighted by Gasteiger charge is 2.50. The van der Waals surface area contributed by atoms with Crippen molar-refractivity contribution in [1.29, 1.82) is 0 Å². The second-order valence-corrected chi connectivity index (χ2v) is 6.77. The van der Waals surface area contributed by atoms with E-state index in [0.29, 0.717) is 31.5 Å². The van der Waals surface area contributed by atoms with Crippen LogP contribution in [-0.2, 0) is 14.4 Å². The van der Waals surface area contributed by atoms with Crippen LogP contribution in [0.1, 0.15) is 51.5 Å². The monoisotopic (exact) mass is 328 g/mol. The van der Waals surface area contributed by atoms with Crippen molar-refractivity contribution in [3.05, 3.63) is 23.8 Å². The fourth-order valence-corrected chi connectivity index (χ4v) is 3.89. The summed E-state index contributed by atoms with van der Waals surface area (Å²) in [7, 11) is 0. The molecule has 1 aromatic rings. The molecule has 2 aliphatic rings. The van der Waals surface area contributed by atoms with E-state index in [9.17, 15) is 14.4 Å². The van der Waals surface area contributed by atoms with Gasteiger partial charge in [0.05, 0.1) is 11.1 Å². The van der Waals surface area contributed by atoms with Gasteiger partial charge in [-0.05, 0) is 43.9 Å². The highest BCUT2D eigenvalue weighted by atomic mass is 16.2. The minimum atomic E-state index is -0.580.